The van der Waals surface area contributed by atoms with E-state index in [2.05, 4.69) is 15.5 Å². The number of hydrogen-bond acceptors (Lipinski definition) is 9. The van der Waals surface area contributed by atoms with E-state index in [0.717, 1.165) is 16.9 Å². The van der Waals surface area contributed by atoms with Crippen molar-refractivity contribution < 1.29 is 23.8 Å². The third kappa shape index (κ3) is 6.79. The molecule has 0 spiro atoms. The summed E-state index contributed by atoms with van der Waals surface area (Å²) in [6.45, 7) is 6.49. The number of aromatic nitrogens is 3. The summed E-state index contributed by atoms with van der Waals surface area (Å²) in [5, 5.41) is 14.4. The van der Waals surface area contributed by atoms with Crippen molar-refractivity contribution in [3.63, 3.8) is 0 Å². The molecule has 204 valence electrons. The molecule has 0 aliphatic carbocycles. The van der Waals surface area contributed by atoms with Gasteiger partial charge in [-0.3, -0.25) is 4.79 Å². The maximum Gasteiger partial charge on any atom is 0.341 e. The van der Waals surface area contributed by atoms with Gasteiger partial charge >= 0.3 is 5.97 Å². The number of rotatable bonds is 12. The number of hydrogen-bond donors (Lipinski definition) is 1. The third-order valence-corrected chi connectivity index (χ3v) is 7.60. The molecular formula is C28H30N4O5S2. The number of ether oxygens (including phenoxy) is 3. The van der Waals surface area contributed by atoms with Gasteiger partial charge in [-0.25, -0.2) is 4.79 Å². The van der Waals surface area contributed by atoms with Crippen molar-refractivity contribution in [1.29, 1.82) is 0 Å². The topological polar surface area (TPSA) is 105 Å². The van der Waals surface area contributed by atoms with E-state index < -0.39 is 5.97 Å². The number of thioether (sulfide) groups is 1. The van der Waals surface area contributed by atoms with Crippen LogP contribution in [-0.4, -0.2) is 46.1 Å². The summed E-state index contributed by atoms with van der Waals surface area (Å²) in [7, 11) is 1.61. The first-order valence-corrected chi connectivity index (χ1v) is 14.3. The number of benzene rings is 2. The van der Waals surface area contributed by atoms with Crippen LogP contribution in [0.25, 0.3) is 11.1 Å². The molecule has 0 bridgehead atoms. The monoisotopic (exact) mass is 566 g/mol. The highest BCUT2D eigenvalue weighted by Crippen LogP contribution is 2.36. The smallest absolute Gasteiger partial charge is 0.341 e. The zero-order chi connectivity index (χ0) is 27.8. The van der Waals surface area contributed by atoms with Crippen molar-refractivity contribution in [3.8, 4) is 22.6 Å². The van der Waals surface area contributed by atoms with Gasteiger partial charge in [0.2, 0.25) is 5.91 Å². The van der Waals surface area contributed by atoms with Gasteiger partial charge in [0.1, 0.15) is 22.1 Å². The lowest BCUT2D eigenvalue weighted by Gasteiger charge is -2.15. The fourth-order valence-electron chi connectivity index (χ4n) is 3.89. The maximum absolute atomic E-state index is 12.9. The molecule has 0 fully saturated rings. The Morgan fingerprint density at radius 1 is 1.05 bits per heavy atom. The number of nitrogens with one attached hydrogen (secondary N) is 1. The van der Waals surface area contributed by atoms with E-state index in [0.29, 0.717) is 33.8 Å². The van der Waals surface area contributed by atoms with E-state index in [-0.39, 0.29) is 24.4 Å². The molecule has 11 heteroatoms. The fourth-order valence-corrected chi connectivity index (χ4v) is 5.68. The normalized spacial score (nSPS) is 11.6. The van der Waals surface area contributed by atoms with E-state index in [4.69, 9.17) is 14.2 Å². The summed E-state index contributed by atoms with van der Waals surface area (Å²) >= 11 is 2.56. The van der Waals surface area contributed by atoms with Crippen LogP contribution >= 0.6 is 23.1 Å². The molecule has 0 saturated heterocycles. The molecule has 1 unspecified atom stereocenters. The Morgan fingerprint density at radius 3 is 2.44 bits per heavy atom. The zero-order valence-electron chi connectivity index (χ0n) is 22.2. The SMILES string of the molecule is CCOC(=O)c1c(-c2ccccc2)csc1NC(=O)CSc1nnc(C(C)Oc2ccc(OC)cc2)n1CC. The van der Waals surface area contributed by atoms with Crippen LogP contribution in [-0.2, 0) is 16.1 Å². The highest BCUT2D eigenvalue weighted by atomic mass is 32.2. The minimum atomic E-state index is -0.471. The highest BCUT2D eigenvalue weighted by Gasteiger charge is 2.24. The van der Waals surface area contributed by atoms with Crippen LogP contribution in [0.2, 0.25) is 0 Å². The molecule has 4 aromatic rings. The Bertz CT molecular complexity index is 1400. The Balaban J connectivity index is 1.44. The number of carbonyl (C=O) groups is 2. The number of amides is 1. The van der Waals surface area contributed by atoms with Gasteiger partial charge in [-0.15, -0.1) is 21.5 Å². The lowest BCUT2D eigenvalue weighted by Crippen LogP contribution is -2.17. The van der Waals surface area contributed by atoms with Gasteiger partial charge in [0.15, 0.2) is 17.1 Å². The molecule has 2 aromatic carbocycles. The molecule has 9 nitrogen and oxygen atoms in total. The average molecular weight is 567 g/mol. The Morgan fingerprint density at radius 2 is 1.77 bits per heavy atom. The fraction of sp³-hybridized carbons (Fsp3) is 0.286. The third-order valence-electron chi connectivity index (χ3n) is 5.74. The van der Waals surface area contributed by atoms with Crippen LogP contribution in [0.1, 0.15) is 43.1 Å². The predicted octanol–water partition coefficient (Wildman–Crippen LogP) is 6.08. The van der Waals surface area contributed by atoms with Crippen LogP contribution < -0.4 is 14.8 Å². The molecule has 0 radical (unpaired) electrons. The van der Waals surface area contributed by atoms with Crippen LogP contribution in [0.5, 0.6) is 11.5 Å². The minimum absolute atomic E-state index is 0.0900. The second-order valence-electron chi connectivity index (χ2n) is 8.30. The molecule has 2 heterocycles. The van der Waals surface area contributed by atoms with Crippen molar-refractivity contribution in [2.75, 3.05) is 24.8 Å². The second kappa shape index (κ2) is 13.3. The zero-order valence-corrected chi connectivity index (χ0v) is 23.8. The van der Waals surface area contributed by atoms with Gasteiger partial charge in [-0.2, -0.15) is 0 Å². The maximum atomic E-state index is 12.9. The lowest BCUT2D eigenvalue weighted by molar-refractivity contribution is -0.113. The minimum Gasteiger partial charge on any atom is -0.497 e. The average Bonchev–Trinajstić information content (AvgIpc) is 3.57. The van der Waals surface area contributed by atoms with Gasteiger partial charge in [0, 0.05) is 17.5 Å². The lowest BCUT2D eigenvalue weighted by atomic mass is 10.0. The van der Waals surface area contributed by atoms with Gasteiger partial charge in [-0.05, 0) is 50.6 Å². The molecule has 2 aromatic heterocycles. The second-order valence-corrected chi connectivity index (χ2v) is 10.1. The number of carbonyl (C=O) groups excluding carboxylic acids is 2. The molecule has 0 saturated carbocycles. The first kappa shape index (κ1) is 28.2. The molecule has 1 atom stereocenters. The van der Waals surface area contributed by atoms with Crippen molar-refractivity contribution in [2.45, 2.75) is 38.6 Å². The number of esters is 1. The highest BCUT2D eigenvalue weighted by molar-refractivity contribution is 7.99. The first-order valence-electron chi connectivity index (χ1n) is 12.5. The predicted molar refractivity (Wildman–Crippen MR) is 153 cm³/mol. The molecule has 1 amide bonds. The number of anilines is 1. The summed E-state index contributed by atoms with van der Waals surface area (Å²) in [6, 6.07) is 16.9. The number of nitrogens with zero attached hydrogens (tertiary/aromatic N) is 3. The summed E-state index contributed by atoms with van der Waals surface area (Å²) in [5.74, 6) is 1.45. The van der Waals surface area contributed by atoms with Crippen molar-refractivity contribution in [1.82, 2.24) is 14.8 Å². The number of thiophene rings is 1. The molecule has 1 N–H and O–H groups in total. The Labute approximate surface area is 235 Å². The summed E-state index contributed by atoms with van der Waals surface area (Å²) in [6.07, 6.45) is -0.358. The quantitative estimate of drug-likeness (QED) is 0.162. The summed E-state index contributed by atoms with van der Waals surface area (Å²) in [5.41, 5.74) is 1.96. The van der Waals surface area contributed by atoms with E-state index in [1.165, 1.54) is 23.1 Å². The van der Waals surface area contributed by atoms with Crippen LogP contribution in [0.4, 0.5) is 5.00 Å². The number of methoxy groups -OCH3 is 1. The molecule has 39 heavy (non-hydrogen) atoms. The van der Waals surface area contributed by atoms with Gasteiger partial charge in [-0.1, -0.05) is 42.1 Å². The van der Waals surface area contributed by atoms with Crippen LogP contribution in [0.15, 0.2) is 65.1 Å². The molecular weight excluding hydrogens is 536 g/mol. The van der Waals surface area contributed by atoms with E-state index in [1.54, 1.807) is 14.0 Å². The van der Waals surface area contributed by atoms with E-state index >= 15 is 0 Å². The van der Waals surface area contributed by atoms with Gasteiger partial charge in [0.05, 0.1) is 19.5 Å². The van der Waals surface area contributed by atoms with Gasteiger partial charge in [0.25, 0.3) is 0 Å². The standard InChI is InChI=1S/C28H30N4O5S2/c1-5-32-25(18(3)37-21-14-12-20(35-4)13-15-21)30-31-28(32)39-17-23(33)29-26-24(27(34)36-6-2)22(16-38-26)19-10-8-7-9-11-19/h7-16,18H,5-6,17H2,1-4H3,(H,29,33). The van der Waals surface area contributed by atoms with E-state index in [1.807, 2.05) is 78.4 Å². The van der Waals surface area contributed by atoms with Crippen molar-refractivity contribution >= 4 is 40.0 Å². The Kier molecular flexibility index (Phi) is 9.61. The van der Waals surface area contributed by atoms with Gasteiger partial charge < -0.3 is 24.1 Å². The summed E-state index contributed by atoms with van der Waals surface area (Å²) in [4.78, 5) is 25.7. The van der Waals surface area contributed by atoms with Crippen LogP contribution in [0.3, 0.4) is 0 Å². The van der Waals surface area contributed by atoms with Crippen molar-refractivity contribution in [3.05, 3.63) is 71.4 Å². The van der Waals surface area contributed by atoms with Crippen molar-refractivity contribution in [2.24, 2.45) is 0 Å². The van der Waals surface area contributed by atoms with Crippen LogP contribution in [0, 0.1) is 0 Å². The molecule has 0 aliphatic heterocycles. The molecule has 4 rings (SSSR count). The molecule has 0 aliphatic rings. The first-order chi connectivity index (χ1) is 18.9. The van der Waals surface area contributed by atoms with E-state index in [9.17, 15) is 9.59 Å². The summed E-state index contributed by atoms with van der Waals surface area (Å²) < 4.78 is 18.4. The largest absolute Gasteiger partial charge is 0.497 e. The Hall–Kier alpha value is -3.83.